The second-order valence-electron chi connectivity index (χ2n) is 17.5. The van der Waals surface area contributed by atoms with E-state index in [9.17, 15) is 0 Å². The van der Waals surface area contributed by atoms with Crippen molar-refractivity contribution in [3.63, 3.8) is 0 Å². The van der Waals surface area contributed by atoms with Gasteiger partial charge in [-0.05, 0) is 116 Å². The predicted molar refractivity (Wildman–Crippen MR) is 274 cm³/mol. The van der Waals surface area contributed by atoms with Crippen molar-refractivity contribution in [3.8, 4) is 66.8 Å². The summed E-state index contributed by atoms with van der Waals surface area (Å²) in [7, 11) is 0. The fourth-order valence-corrected chi connectivity index (χ4v) is 10.9. The number of nitrogens with zero attached hydrogens (tertiary/aromatic N) is 2. The second-order valence-corrected chi connectivity index (χ2v) is 17.5. The summed E-state index contributed by atoms with van der Waals surface area (Å²) in [6.45, 7) is 1.69. The molecule has 0 unspecified atom stereocenters. The molecule has 0 amide bonds. The molecule has 0 N–H and O–H groups in total. The van der Waals surface area contributed by atoms with Crippen molar-refractivity contribution in [3.05, 3.63) is 218 Å². The maximum absolute atomic E-state index is 6.68. The summed E-state index contributed by atoms with van der Waals surface area (Å²) in [6.07, 6.45) is 0. The van der Waals surface area contributed by atoms with Crippen LogP contribution in [0, 0.1) is 0 Å². The van der Waals surface area contributed by atoms with Gasteiger partial charge in [0.2, 0.25) is 0 Å². The molecule has 14 rings (SSSR count). The Morgan fingerprint density at radius 1 is 0.273 bits per heavy atom. The molecule has 0 saturated heterocycles. The standard InChI is InChI=1S/C62H40N2O2/c1-3-15-41(16-4-1)63-33-34-64(42-17-5-2-6-18-42)58-38-56-48-32-30-40(44-24-14-26-52-50-22-10-12-28-60(50)66-62(44)52)36-54(48)53-35-39(43-23-13-25-51-49-21-9-11-27-59(49)65-61(43)51)29-31-47(53)45-19-7-8-20-46(45)55(56)37-57(58)63/h1-32,35-38H,33-34H2. The maximum Gasteiger partial charge on any atom is 0.143 e. The minimum Gasteiger partial charge on any atom is -0.455 e. The van der Waals surface area contributed by atoms with Gasteiger partial charge in [-0.3, -0.25) is 0 Å². The lowest BCUT2D eigenvalue weighted by atomic mass is 9.78. The van der Waals surface area contributed by atoms with Gasteiger partial charge in [-0.25, -0.2) is 0 Å². The van der Waals surface area contributed by atoms with Crippen LogP contribution < -0.4 is 9.80 Å². The van der Waals surface area contributed by atoms with Gasteiger partial charge in [0.1, 0.15) is 22.3 Å². The number of benzene rings is 10. The van der Waals surface area contributed by atoms with Gasteiger partial charge in [-0.1, -0.05) is 158 Å². The number of furan rings is 2. The van der Waals surface area contributed by atoms with Crippen molar-refractivity contribution in [2.45, 2.75) is 0 Å². The molecular weight excluding hydrogens is 805 g/mol. The quantitative estimate of drug-likeness (QED) is 0.177. The van der Waals surface area contributed by atoms with Gasteiger partial charge in [0.15, 0.2) is 0 Å². The second kappa shape index (κ2) is 14.5. The normalized spacial score (nSPS) is 13.0. The highest BCUT2D eigenvalue weighted by atomic mass is 16.3. The van der Waals surface area contributed by atoms with Gasteiger partial charge >= 0.3 is 0 Å². The van der Waals surface area contributed by atoms with Gasteiger partial charge in [-0.2, -0.15) is 0 Å². The van der Waals surface area contributed by atoms with E-state index in [4.69, 9.17) is 8.83 Å². The van der Waals surface area contributed by atoms with E-state index >= 15 is 0 Å². The van der Waals surface area contributed by atoms with Gasteiger partial charge in [0.25, 0.3) is 0 Å². The van der Waals surface area contributed by atoms with Crippen LogP contribution in [0.3, 0.4) is 0 Å². The van der Waals surface area contributed by atoms with Crippen molar-refractivity contribution < 1.29 is 8.83 Å². The Balaban J connectivity index is 1.07. The molecule has 310 valence electrons. The number of para-hydroxylation sites is 6. The summed E-state index contributed by atoms with van der Waals surface area (Å²) < 4.78 is 13.3. The fourth-order valence-electron chi connectivity index (χ4n) is 10.9. The first kappa shape index (κ1) is 36.8. The molecule has 0 fully saturated rings. The van der Waals surface area contributed by atoms with Gasteiger partial charge in [0.05, 0.1) is 11.4 Å². The zero-order chi connectivity index (χ0) is 43.3. The molecule has 66 heavy (non-hydrogen) atoms. The van der Waals surface area contributed by atoms with Crippen LogP contribution in [-0.4, -0.2) is 13.1 Å². The summed E-state index contributed by atoms with van der Waals surface area (Å²) in [5, 5.41) is 4.48. The number of hydrogen-bond donors (Lipinski definition) is 0. The molecular formula is C62H40N2O2. The molecule has 10 aromatic carbocycles. The average molecular weight is 845 g/mol. The SMILES string of the molecule is c1ccc(N2CCN(c3ccccc3)c3cc4c(cc32)-c2ccccc2-c2ccc(-c3cccc5c3oc3ccccc35)cc2-c2cc(-c3cccc5c3oc3ccccc35)ccc2-4)cc1. The third-order valence-electron chi connectivity index (χ3n) is 13.9. The topological polar surface area (TPSA) is 32.8 Å². The number of hydrogen-bond acceptors (Lipinski definition) is 4. The minimum atomic E-state index is 0.841. The van der Waals surface area contributed by atoms with Crippen molar-refractivity contribution in [2.75, 3.05) is 22.9 Å². The lowest BCUT2D eigenvalue weighted by molar-refractivity contribution is 0.669. The van der Waals surface area contributed by atoms with Crippen molar-refractivity contribution in [1.29, 1.82) is 0 Å². The molecule has 4 nitrogen and oxygen atoms in total. The highest BCUT2D eigenvalue weighted by Crippen LogP contribution is 2.54. The highest BCUT2D eigenvalue weighted by molar-refractivity contribution is 6.13. The maximum atomic E-state index is 6.68. The van der Waals surface area contributed by atoms with E-state index in [1.54, 1.807) is 0 Å². The summed E-state index contributed by atoms with van der Waals surface area (Å²) in [4.78, 5) is 4.99. The molecule has 0 spiro atoms. The number of anilines is 4. The van der Waals surface area contributed by atoms with Crippen molar-refractivity contribution in [2.24, 2.45) is 0 Å². The van der Waals surface area contributed by atoms with E-state index < -0.39 is 0 Å². The van der Waals surface area contributed by atoms with Crippen LogP contribution >= 0.6 is 0 Å². The summed E-state index contributed by atoms with van der Waals surface area (Å²) in [6, 6.07) is 79.4. The minimum absolute atomic E-state index is 0.841. The van der Waals surface area contributed by atoms with Crippen LogP contribution in [0.4, 0.5) is 22.7 Å². The van der Waals surface area contributed by atoms with Gasteiger partial charge in [-0.15, -0.1) is 0 Å². The van der Waals surface area contributed by atoms with Gasteiger partial charge in [0, 0.05) is 57.1 Å². The van der Waals surface area contributed by atoms with E-state index in [-0.39, 0.29) is 0 Å². The predicted octanol–water partition coefficient (Wildman–Crippen LogP) is 17.1. The van der Waals surface area contributed by atoms with Crippen LogP contribution in [0.1, 0.15) is 0 Å². The molecule has 0 bridgehead atoms. The highest BCUT2D eigenvalue weighted by Gasteiger charge is 2.31. The van der Waals surface area contributed by atoms with Crippen LogP contribution in [-0.2, 0) is 0 Å². The lowest BCUT2D eigenvalue weighted by Crippen LogP contribution is -2.36. The zero-order valence-electron chi connectivity index (χ0n) is 35.9. The molecule has 4 heteroatoms. The number of fused-ring (bicyclic) bond motifs is 15. The van der Waals surface area contributed by atoms with Crippen LogP contribution in [0.5, 0.6) is 0 Å². The third-order valence-corrected chi connectivity index (χ3v) is 13.9. The first-order valence-corrected chi connectivity index (χ1v) is 22.8. The average Bonchev–Trinajstić information content (AvgIpc) is 3.97. The first-order chi connectivity index (χ1) is 32.7. The molecule has 2 aromatic heterocycles. The molecule has 1 aliphatic carbocycles. The molecule has 1 aliphatic heterocycles. The van der Waals surface area contributed by atoms with Crippen LogP contribution in [0.25, 0.3) is 111 Å². The first-order valence-electron chi connectivity index (χ1n) is 22.8. The molecule has 0 radical (unpaired) electrons. The molecule has 2 aliphatic rings. The fraction of sp³-hybridized carbons (Fsp3) is 0.0323. The Hall–Kier alpha value is -8.60. The van der Waals surface area contributed by atoms with E-state index in [2.05, 4.69) is 216 Å². The van der Waals surface area contributed by atoms with Crippen molar-refractivity contribution >= 4 is 66.6 Å². The Morgan fingerprint density at radius 3 is 1.14 bits per heavy atom. The summed E-state index contributed by atoms with van der Waals surface area (Å²) in [5.74, 6) is 0. The smallest absolute Gasteiger partial charge is 0.143 e. The van der Waals surface area contributed by atoms with Crippen LogP contribution in [0.2, 0.25) is 0 Å². The molecule has 12 aromatic rings. The molecule has 0 saturated carbocycles. The van der Waals surface area contributed by atoms with Gasteiger partial charge < -0.3 is 18.6 Å². The Kier molecular flexibility index (Phi) is 8.07. The lowest BCUT2D eigenvalue weighted by Gasteiger charge is -2.40. The monoisotopic (exact) mass is 844 g/mol. The van der Waals surface area contributed by atoms with E-state index in [1.165, 1.54) is 56.1 Å². The Bertz CT molecular complexity index is 3900. The summed E-state index contributed by atoms with van der Waals surface area (Å²) >= 11 is 0. The molecule has 0 atom stereocenters. The largest absolute Gasteiger partial charge is 0.455 e. The van der Waals surface area contributed by atoms with E-state index in [0.29, 0.717) is 0 Å². The van der Waals surface area contributed by atoms with E-state index in [0.717, 1.165) is 90.3 Å². The Labute approximate surface area is 381 Å². The number of rotatable bonds is 4. The van der Waals surface area contributed by atoms with E-state index in [1.807, 2.05) is 12.1 Å². The Morgan fingerprint density at radius 2 is 0.636 bits per heavy atom. The van der Waals surface area contributed by atoms with Crippen molar-refractivity contribution in [1.82, 2.24) is 0 Å². The third kappa shape index (κ3) is 5.58. The zero-order valence-corrected chi connectivity index (χ0v) is 35.9. The molecule has 3 heterocycles. The van der Waals surface area contributed by atoms with Crippen LogP contribution in [0.15, 0.2) is 227 Å². The summed E-state index contributed by atoms with van der Waals surface area (Å²) in [5.41, 5.74) is 22.1.